The van der Waals surface area contributed by atoms with Gasteiger partial charge in [-0.15, -0.1) is 0 Å². The van der Waals surface area contributed by atoms with Gasteiger partial charge in [0, 0.05) is 0 Å². The highest BCUT2D eigenvalue weighted by Crippen LogP contribution is 2.12. The molecule has 4 N–H and O–H groups in total. The zero-order valence-corrected chi connectivity index (χ0v) is 31.5. The van der Waals surface area contributed by atoms with E-state index in [0.717, 1.165) is 51.4 Å². The standard InChI is InChI=1S/C40H73NO6S/c1-3-5-7-9-11-13-15-17-19-20-21-23-24-26-28-30-32-34-38(42)37(36-48(45,46)47)41-40(44)39(43)35-33-31-29-27-25-22-18-16-14-12-10-8-6-4-2/h14,16,19-20,24,26,32,34,37-39,42-43H,3-13,15,17-18,21-23,25,27-31,33,35-36H2,1-2H3,(H,41,44)(H,45,46,47)/b16-14-,20-19+,26-24+,34-32+. The molecule has 3 unspecified atom stereocenters. The largest absolute Gasteiger partial charge is 0.387 e. The Morgan fingerprint density at radius 2 is 0.938 bits per heavy atom. The molecule has 0 aromatic heterocycles. The highest BCUT2D eigenvalue weighted by Gasteiger charge is 2.27. The molecule has 0 fully saturated rings. The topological polar surface area (TPSA) is 124 Å². The van der Waals surface area contributed by atoms with Crippen LogP contribution in [0.5, 0.6) is 0 Å². The highest BCUT2D eigenvalue weighted by atomic mass is 32.2. The van der Waals surface area contributed by atoms with Gasteiger partial charge in [-0.2, -0.15) is 8.42 Å². The summed E-state index contributed by atoms with van der Waals surface area (Å²) in [7, 11) is -4.46. The third kappa shape index (κ3) is 32.8. The fourth-order valence-electron chi connectivity index (χ4n) is 5.54. The van der Waals surface area contributed by atoms with E-state index in [1.165, 1.54) is 96.0 Å². The molecule has 0 bridgehead atoms. The Morgan fingerprint density at radius 3 is 1.40 bits per heavy atom. The first-order valence-corrected chi connectivity index (χ1v) is 21.1. The molecule has 7 nitrogen and oxygen atoms in total. The van der Waals surface area contributed by atoms with Crippen LogP contribution < -0.4 is 5.32 Å². The van der Waals surface area contributed by atoms with Gasteiger partial charge in [0.05, 0.1) is 17.9 Å². The molecule has 0 saturated heterocycles. The van der Waals surface area contributed by atoms with Crippen LogP contribution in [0.25, 0.3) is 0 Å². The van der Waals surface area contributed by atoms with Crippen molar-refractivity contribution in [1.29, 1.82) is 0 Å². The number of hydrogen-bond donors (Lipinski definition) is 4. The molecule has 0 aliphatic carbocycles. The van der Waals surface area contributed by atoms with Gasteiger partial charge in [-0.3, -0.25) is 9.35 Å². The maximum absolute atomic E-state index is 12.5. The van der Waals surface area contributed by atoms with Crippen LogP contribution in [0.4, 0.5) is 0 Å². The molecule has 0 aromatic carbocycles. The number of amides is 1. The molecule has 0 aromatic rings. The number of aliphatic hydroxyl groups excluding tert-OH is 2. The molecular weight excluding hydrogens is 623 g/mol. The summed E-state index contributed by atoms with van der Waals surface area (Å²) in [6, 6.07) is -1.26. The second-order valence-corrected chi connectivity index (χ2v) is 14.8. The van der Waals surface area contributed by atoms with E-state index in [4.69, 9.17) is 0 Å². The quantitative estimate of drug-likeness (QED) is 0.0302. The number of nitrogens with one attached hydrogen (secondary N) is 1. The van der Waals surface area contributed by atoms with Gasteiger partial charge in [0.2, 0.25) is 5.91 Å². The van der Waals surface area contributed by atoms with Gasteiger partial charge >= 0.3 is 0 Å². The van der Waals surface area contributed by atoms with E-state index in [1.54, 1.807) is 6.08 Å². The van der Waals surface area contributed by atoms with Crippen molar-refractivity contribution in [3.63, 3.8) is 0 Å². The Kier molecular flexibility index (Phi) is 32.5. The maximum atomic E-state index is 12.5. The first-order valence-electron chi connectivity index (χ1n) is 19.4. The fraction of sp³-hybridized carbons (Fsp3) is 0.775. The molecule has 48 heavy (non-hydrogen) atoms. The molecule has 1 amide bonds. The van der Waals surface area contributed by atoms with Crippen LogP contribution in [0.2, 0.25) is 0 Å². The summed E-state index contributed by atoms with van der Waals surface area (Å²) in [5.74, 6) is -1.57. The summed E-state index contributed by atoms with van der Waals surface area (Å²) in [5, 5.41) is 23.3. The predicted molar refractivity (Wildman–Crippen MR) is 204 cm³/mol. The van der Waals surface area contributed by atoms with Crippen molar-refractivity contribution >= 4 is 16.0 Å². The maximum Gasteiger partial charge on any atom is 0.267 e. The molecular formula is C40H73NO6S. The van der Waals surface area contributed by atoms with Gasteiger partial charge in [0.15, 0.2) is 0 Å². The van der Waals surface area contributed by atoms with Crippen LogP contribution in [0, 0.1) is 0 Å². The van der Waals surface area contributed by atoms with Crippen LogP contribution in [0.1, 0.15) is 174 Å². The number of rotatable bonds is 34. The third-order valence-corrected chi connectivity index (χ3v) is 9.34. The van der Waals surface area contributed by atoms with E-state index >= 15 is 0 Å². The van der Waals surface area contributed by atoms with Gasteiger partial charge in [-0.25, -0.2) is 0 Å². The molecule has 0 rings (SSSR count). The number of allylic oxidation sites excluding steroid dienone is 7. The van der Waals surface area contributed by atoms with Gasteiger partial charge in [-0.1, -0.05) is 152 Å². The van der Waals surface area contributed by atoms with Crippen LogP contribution >= 0.6 is 0 Å². The smallest absolute Gasteiger partial charge is 0.267 e. The minimum Gasteiger partial charge on any atom is -0.387 e. The van der Waals surface area contributed by atoms with Gasteiger partial charge in [0.1, 0.15) is 6.10 Å². The van der Waals surface area contributed by atoms with E-state index < -0.39 is 40.0 Å². The zero-order chi connectivity index (χ0) is 35.6. The summed E-state index contributed by atoms with van der Waals surface area (Å²) in [6.07, 6.45) is 41.6. The number of carbonyl (C=O) groups excluding carboxylic acids is 1. The molecule has 0 saturated carbocycles. The minimum atomic E-state index is -4.46. The lowest BCUT2D eigenvalue weighted by atomic mass is 10.0. The van der Waals surface area contributed by atoms with E-state index in [-0.39, 0.29) is 6.42 Å². The Hall–Kier alpha value is -1.74. The van der Waals surface area contributed by atoms with Crippen molar-refractivity contribution in [2.75, 3.05) is 5.75 Å². The van der Waals surface area contributed by atoms with Crippen molar-refractivity contribution in [2.45, 2.75) is 193 Å². The summed E-state index contributed by atoms with van der Waals surface area (Å²) < 4.78 is 32.4. The normalized spacial score (nSPS) is 14.5. The summed E-state index contributed by atoms with van der Waals surface area (Å²) >= 11 is 0. The average molecular weight is 696 g/mol. The molecule has 0 heterocycles. The van der Waals surface area contributed by atoms with E-state index in [2.05, 4.69) is 55.6 Å². The molecule has 0 aliphatic rings. The first kappa shape index (κ1) is 46.3. The third-order valence-electron chi connectivity index (χ3n) is 8.56. The number of carbonyl (C=O) groups is 1. The second-order valence-electron chi connectivity index (χ2n) is 13.3. The van der Waals surface area contributed by atoms with Gasteiger partial charge in [-0.05, 0) is 70.6 Å². The predicted octanol–water partition coefficient (Wildman–Crippen LogP) is 10.1. The van der Waals surface area contributed by atoms with Crippen molar-refractivity contribution in [3.8, 4) is 0 Å². The van der Waals surface area contributed by atoms with Gasteiger partial charge < -0.3 is 15.5 Å². The summed E-state index contributed by atoms with van der Waals surface area (Å²) in [4.78, 5) is 12.5. The monoisotopic (exact) mass is 696 g/mol. The fourth-order valence-corrected chi connectivity index (χ4v) is 6.27. The number of unbranched alkanes of at least 4 members (excludes halogenated alkanes) is 19. The van der Waals surface area contributed by atoms with Crippen molar-refractivity contribution in [3.05, 3.63) is 48.6 Å². The van der Waals surface area contributed by atoms with Crippen molar-refractivity contribution in [1.82, 2.24) is 5.32 Å². The molecule has 280 valence electrons. The lowest BCUT2D eigenvalue weighted by Gasteiger charge is -2.22. The molecule has 8 heteroatoms. The number of aliphatic hydroxyl groups is 2. The highest BCUT2D eigenvalue weighted by molar-refractivity contribution is 7.85. The van der Waals surface area contributed by atoms with E-state index in [0.29, 0.717) is 12.8 Å². The zero-order valence-electron chi connectivity index (χ0n) is 30.7. The summed E-state index contributed by atoms with van der Waals surface area (Å²) in [5.41, 5.74) is 0. The Labute approximate surface area is 295 Å². The van der Waals surface area contributed by atoms with Crippen LogP contribution in [-0.2, 0) is 14.9 Å². The molecule has 0 aliphatic heterocycles. The lowest BCUT2D eigenvalue weighted by molar-refractivity contribution is -0.130. The van der Waals surface area contributed by atoms with Crippen LogP contribution in [0.3, 0.4) is 0 Å². The second kappa shape index (κ2) is 33.7. The lowest BCUT2D eigenvalue weighted by Crippen LogP contribution is -2.50. The Balaban J connectivity index is 4.19. The minimum absolute atomic E-state index is 0.262. The SMILES string of the molecule is CCCCCC/C=C\CCCCCCCCC(O)C(=O)NC(CS(=O)(=O)O)C(O)/C=C/CC/C=C/CC/C=C/CCCCCCCCC. The van der Waals surface area contributed by atoms with Crippen LogP contribution in [-0.4, -0.2) is 53.1 Å². The molecule has 0 spiro atoms. The van der Waals surface area contributed by atoms with Crippen molar-refractivity contribution < 1.29 is 28.0 Å². The Bertz CT molecular complexity index is 959. The average Bonchev–Trinajstić information content (AvgIpc) is 3.05. The molecule has 0 radical (unpaired) electrons. The van der Waals surface area contributed by atoms with E-state index in [9.17, 15) is 28.0 Å². The van der Waals surface area contributed by atoms with Crippen LogP contribution in [0.15, 0.2) is 48.6 Å². The Morgan fingerprint density at radius 1 is 0.562 bits per heavy atom. The van der Waals surface area contributed by atoms with E-state index in [1.807, 2.05) is 0 Å². The first-order chi connectivity index (χ1) is 23.2. The van der Waals surface area contributed by atoms with Crippen molar-refractivity contribution in [2.24, 2.45) is 0 Å². The molecule has 3 atom stereocenters. The van der Waals surface area contributed by atoms with Gasteiger partial charge in [0.25, 0.3) is 10.1 Å². The summed E-state index contributed by atoms with van der Waals surface area (Å²) in [6.45, 7) is 4.47. The number of hydrogen-bond acceptors (Lipinski definition) is 5.